The molecule has 0 atom stereocenters. The number of anilines is 1. The van der Waals surface area contributed by atoms with Crippen LogP contribution in [0.3, 0.4) is 0 Å². The van der Waals surface area contributed by atoms with E-state index >= 15 is 0 Å². The van der Waals surface area contributed by atoms with Crippen molar-refractivity contribution in [1.82, 2.24) is 14.3 Å². The highest BCUT2D eigenvalue weighted by Gasteiger charge is 2.32. The molecule has 2 aliphatic rings. The Morgan fingerprint density at radius 2 is 1.74 bits per heavy atom. The van der Waals surface area contributed by atoms with Gasteiger partial charge in [0.1, 0.15) is 0 Å². The minimum atomic E-state index is -3.73. The molecule has 2 aliphatic heterocycles. The summed E-state index contributed by atoms with van der Waals surface area (Å²) in [5.74, 6) is 0.140. The summed E-state index contributed by atoms with van der Waals surface area (Å²) in [6.07, 6.45) is 0.397. The zero-order valence-corrected chi connectivity index (χ0v) is 19.6. The fourth-order valence-corrected chi connectivity index (χ4v) is 5.44. The number of ether oxygens (including phenoxy) is 2. The van der Waals surface area contributed by atoms with Crippen molar-refractivity contribution in [2.45, 2.75) is 24.8 Å². The van der Waals surface area contributed by atoms with Gasteiger partial charge in [0, 0.05) is 32.6 Å². The summed E-state index contributed by atoms with van der Waals surface area (Å²) in [6.45, 7) is 4.61. The summed E-state index contributed by atoms with van der Waals surface area (Å²) < 4.78 is 53.7. The van der Waals surface area contributed by atoms with Crippen LogP contribution >= 0.6 is 0 Å². The third-order valence-corrected chi connectivity index (χ3v) is 7.83. The Morgan fingerprint density at radius 3 is 2.47 bits per heavy atom. The summed E-state index contributed by atoms with van der Waals surface area (Å²) in [4.78, 5) is 11.5. The average Bonchev–Trinajstić information content (AvgIpc) is 2.86. The van der Waals surface area contributed by atoms with E-state index in [1.807, 2.05) is 11.8 Å². The zero-order valence-electron chi connectivity index (χ0n) is 18.8. The first kappa shape index (κ1) is 22.7. The third kappa shape index (κ3) is 4.48. The Bertz CT molecular complexity index is 1290. The van der Waals surface area contributed by atoms with Gasteiger partial charge in [-0.05, 0) is 31.2 Å². The standard InChI is InChI=1S/C24H25FN4O4S/c1-17-6-8-18(9-7-17)34(30,31)29-11-10-21-19(16-29)23(33-22-5-3-2-4-20(22)25)27-24(26-21)28-12-14-32-15-13-28/h2-9H,10-16H2,1H3. The molecule has 0 amide bonds. The van der Waals surface area contributed by atoms with Gasteiger partial charge in [0.05, 0.1) is 29.4 Å². The number of fused-ring (bicyclic) bond motifs is 1. The highest BCUT2D eigenvalue weighted by atomic mass is 32.2. The maximum atomic E-state index is 14.4. The van der Waals surface area contributed by atoms with E-state index in [4.69, 9.17) is 14.5 Å². The van der Waals surface area contributed by atoms with Gasteiger partial charge in [-0.2, -0.15) is 9.29 Å². The predicted octanol–water partition coefficient (Wildman–Crippen LogP) is 3.30. The monoisotopic (exact) mass is 484 g/mol. The van der Waals surface area contributed by atoms with Crippen LogP contribution in [0.5, 0.6) is 11.6 Å². The van der Waals surface area contributed by atoms with E-state index in [1.165, 1.54) is 16.4 Å². The molecule has 1 saturated heterocycles. The van der Waals surface area contributed by atoms with E-state index < -0.39 is 15.8 Å². The Hall–Kier alpha value is -3.08. The van der Waals surface area contributed by atoms with Crippen molar-refractivity contribution in [3.63, 3.8) is 0 Å². The van der Waals surface area contributed by atoms with Gasteiger partial charge < -0.3 is 14.4 Å². The third-order valence-electron chi connectivity index (χ3n) is 5.97. The summed E-state index contributed by atoms with van der Waals surface area (Å²) in [6, 6.07) is 12.8. The molecular formula is C24H25FN4O4S. The molecule has 0 radical (unpaired) electrons. The van der Waals surface area contributed by atoms with Crippen molar-refractivity contribution in [3.8, 4) is 11.6 Å². The number of aromatic nitrogens is 2. The molecule has 1 fully saturated rings. The smallest absolute Gasteiger partial charge is 0.243 e. The number of aryl methyl sites for hydroxylation is 1. The quantitative estimate of drug-likeness (QED) is 0.549. The highest BCUT2D eigenvalue weighted by molar-refractivity contribution is 7.89. The van der Waals surface area contributed by atoms with E-state index in [1.54, 1.807) is 36.4 Å². The number of hydrogen-bond donors (Lipinski definition) is 0. The number of rotatable bonds is 5. The van der Waals surface area contributed by atoms with Crippen LogP contribution in [0.25, 0.3) is 0 Å². The number of halogens is 1. The summed E-state index contributed by atoms with van der Waals surface area (Å²) in [7, 11) is -3.73. The van der Waals surface area contributed by atoms with Gasteiger partial charge in [-0.3, -0.25) is 0 Å². The number of hydrogen-bond acceptors (Lipinski definition) is 7. The second-order valence-corrected chi connectivity index (χ2v) is 10.2. The van der Waals surface area contributed by atoms with Crippen LogP contribution in [-0.4, -0.2) is 55.5 Å². The SMILES string of the molecule is Cc1ccc(S(=O)(=O)N2CCc3nc(N4CCOCC4)nc(Oc4ccccc4F)c3C2)cc1. The second-order valence-electron chi connectivity index (χ2n) is 8.29. The lowest BCUT2D eigenvalue weighted by Gasteiger charge is -2.31. The topological polar surface area (TPSA) is 84.9 Å². The minimum Gasteiger partial charge on any atom is -0.435 e. The van der Waals surface area contributed by atoms with Gasteiger partial charge in [-0.15, -0.1) is 0 Å². The Kier molecular flexibility index (Phi) is 6.20. The lowest BCUT2D eigenvalue weighted by molar-refractivity contribution is 0.122. The molecule has 8 nitrogen and oxygen atoms in total. The molecule has 178 valence electrons. The molecule has 10 heteroatoms. The molecule has 0 N–H and O–H groups in total. The molecule has 0 saturated carbocycles. The van der Waals surface area contributed by atoms with Gasteiger partial charge in [0.2, 0.25) is 21.9 Å². The summed E-state index contributed by atoms with van der Waals surface area (Å²) >= 11 is 0. The first-order chi connectivity index (χ1) is 16.4. The first-order valence-electron chi connectivity index (χ1n) is 11.1. The van der Waals surface area contributed by atoms with Gasteiger partial charge in [0.25, 0.3) is 0 Å². The van der Waals surface area contributed by atoms with Gasteiger partial charge >= 0.3 is 0 Å². The van der Waals surface area contributed by atoms with Crippen LogP contribution < -0.4 is 9.64 Å². The van der Waals surface area contributed by atoms with Crippen molar-refractivity contribution in [2.24, 2.45) is 0 Å². The zero-order chi connectivity index (χ0) is 23.7. The Morgan fingerprint density at radius 1 is 1.00 bits per heavy atom. The van der Waals surface area contributed by atoms with Crippen molar-refractivity contribution < 1.29 is 22.3 Å². The highest BCUT2D eigenvalue weighted by Crippen LogP contribution is 2.34. The number of para-hydroxylation sites is 1. The molecule has 2 aromatic carbocycles. The fraction of sp³-hybridized carbons (Fsp3) is 0.333. The van der Waals surface area contributed by atoms with Crippen LogP contribution in [0.1, 0.15) is 16.8 Å². The summed E-state index contributed by atoms with van der Waals surface area (Å²) in [5, 5.41) is 0. The van der Waals surface area contributed by atoms with E-state index in [2.05, 4.69) is 4.98 Å². The van der Waals surface area contributed by atoms with Crippen LogP contribution in [0.2, 0.25) is 0 Å². The lowest BCUT2D eigenvalue weighted by Crippen LogP contribution is -2.39. The molecule has 0 spiro atoms. The van der Waals surface area contributed by atoms with Crippen LogP contribution in [0.4, 0.5) is 10.3 Å². The summed E-state index contributed by atoms with van der Waals surface area (Å²) in [5.41, 5.74) is 2.23. The number of nitrogens with zero attached hydrogens (tertiary/aromatic N) is 4. The molecule has 5 rings (SSSR count). The molecule has 0 unspecified atom stereocenters. The maximum Gasteiger partial charge on any atom is 0.243 e. The molecule has 1 aromatic heterocycles. The number of sulfonamides is 1. The van der Waals surface area contributed by atoms with E-state index in [0.717, 1.165) is 5.56 Å². The van der Waals surface area contributed by atoms with Crippen molar-refractivity contribution >= 4 is 16.0 Å². The molecule has 34 heavy (non-hydrogen) atoms. The molecule has 3 heterocycles. The van der Waals surface area contributed by atoms with E-state index in [-0.39, 0.29) is 29.6 Å². The van der Waals surface area contributed by atoms with Crippen LogP contribution in [0, 0.1) is 12.7 Å². The fourth-order valence-electron chi connectivity index (χ4n) is 4.03. The lowest BCUT2D eigenvalue weighted by atomic mass is 10.1. The van der Waals surface area contributed by atoms with Gasteiger partial charge in [-0.25, -0.2) is 17.8 Å². The second kappa shape index (κ2) is 9.28. The van der Waals surface area contributed by atoms with Gasteiger partial charge in [0.15, 0.2) is 11.6 Å². The van der Waals surface area contributed by atoms with Crippen LogP contribution in [0.15, 0.2) is 53.4 Å². The maximum absolute atomic E-state index is 14.4. The van der Waals surface area contributed by atoms with Crippen molar-refractivity contribution in [3.05, 3.63) is 71.2 Å². The Labute approximate surface area is 198 Å². The molecular weight excluding hydrogens is 459 g/mol. The normalized spacial score (nSPS) is 16.8. The number of morpholine rings is 1. The van der Waals surface area contributed by atoms with E-state index in [9.17, 15) is 12.8 Å². The van der Waals surface area contributed by atoms with Gasteiger partial charge in [-0.1, -0.05) is 29.8 Å². The van der Waals surface area contributed by atoms with E-state index in [0.29, 0.717) is 49.9 Å². The first-order valence-corrected chi connectivity index (χ1v) is 12.6. The molecule has 0 bridgehead atoms. The predicted molar refractivity (Wildman–Crippen MR) is 124 cm³/mol. The largest absolute Gasteiger partial charge is 0.435 e. The van der Waals surface area contributed by atoms with Crippen molar-refractivity contribution in [2.75, 3.05) is 37.7 Å². The van der Waals surface area contributed by atoms with Crippen LogP contribution in [-0.2, 0) is 27.7 Å². The average molecular weight is 485 g/mol. The minimum absolute atomic E-state index is 0.0230. The number of benzene rings is 2. The van der Waals surface area contributed by atoms with Crippen molar-refractivity contribution in [1.29, 1.82) is 0 Å². The Balaban J connectivity index is 1.52. The molecule has 0 aliphatic carbocycles. The molecule has 3 aromatic rings.